The van der Waals surface area contributed by atoms with Crippen molar-refractivity contribution in [2.24, 2.45) is 0 Å². The smallest absolute Gasteiger partial charge is 0.142 e. The lowest BCUT2D eigenvalue weighted by atomic mass is 10.1. The van der Waals surface area contributed by atoms with E-state index in [0.717, 1.165) is 18.4 Å². The van der Waals surface area contributed by atoms with Crippen LogP contribution in [0.3, 0.4) is 0 Å². The molecular weight excluding hydrogens is 175 g/mol. The van der Waals surface area contributed by atoms with E-state index >= 15 is 0 Å². The van der Waals surface area contributed by atoms with Gasteiger partial charge in [-0.25, -0.2) is 4.39 Å². The first-order valence-corrected chi connectivity index (χ1v) is 4.17. The monoisotopic (exact) mass is 184 g/mol. The van der Waals surface area contributed by atoms with Gasteiger partial charge in [-0.2, -0.15) is 0 Å². The Kier molecular flexibility index (Phi) is 3.30. The maximum absolute atomic E-state index is 12.8. The van der Waals surface area contributed by atoms with Crippen molar-refractivity contribution in [1.82, 2.24) is 0 Å². The lowest BCUT2D eigenvalue weighted by Crippen LogP contribution is -1.87. The van der Waals surface area contributed by atoms with Gasteiger partial charge < -0.3 is 0 Å². The standard InChI is InChI=1S/C10H10ClF/c1-2-3-5-8-6-4-7-9(12)10(8)11/h2,4,6-7H,1,3,5H2. The fraction of sp³-hybridized carbons (Fsp3) is 0.200. The van der Waals surface area contributed by atoms with Crippen molar-refractivity contribution in [2.45, 2.75) is 12.8 Å². The zero-order chi connectivity index (χ0) is 8.97. The topological polar surface area (TPSA) is 0 Å². The second-order valence-electron chi connectivity index (χ2n) is 2.54. The molecule has 2 heteroatoms. The zero-order valence-electron chi connectivity index (χ0n) is 6.69. The van der Waals surface area contributed by atoms with Gasteiger partial charge >= 0.3 is 0 Å². The van der Waals surface area contributed by atoms with Crippen molar-refractivity contribution in [3.05, 3.63) is 47.3 Å². The molecule has 0 saturated carbocycles. The van der Waals surface area contributed by atoms with E-state index in [2.05, 4.69) is 6.58 Å². The van der Waals surface area contributed by atoms with Crippen molar-refractivity contribution in [3.63, 3.8) is 0 Å². The second-order valence-corrected chi connectivity index (χ2v) is 2.92. The van der Waals surface area contributed by atoms with Gasteiger partial charge in [-0.3, -0.25) is 0 Å². The summed E-state index contributed by atoms with van der Waals surface area (Å²) in [5.41, 5.74) is 0.844. The SMILES string of the molecule is C=CCCc1cccc(F)c1Cl. The molecule has 0 fully saturated rings. The van der Waals surface area contributed by atoms with Crippen LogP contribution in [0.5, 0.6) is 0 Å². The molecule has 0 atom stereocenters. The first-order chi connectivity index (χ1) is 5.75. The van der Waals surface area contributed by atoms with Gasteiger partial charge in [0.05, 0.1) is 5.02 Å². The molecular formula is C10H10ClF. The maximum Gasteiger partial charge on any atom is 0.142 e. The third kappa shape index (κ3) is 2.08. The molecule has 1 aromatic rings. The molecule has 0 amide bonds. The van der Waals surface area contributed by atoms with Crippen molar-refractivity contribution in [2.75, 3.05) is 0 Å². The number of benzene rings is 1. The average Bonchev–Trinajstić information content (AvgIpc) is 2.08. The van der Waals surface area contributed by atoms with Crippen LogP contribution in [0.4, 0.5) is 4.39 Å². The fourth-order valence-corrected chi connectivity index (χ4v) is 1.22. The van der Waals surface area contributed by atoms with Crippen LogP contribution >= 0.6 is 11.6 Å². The summed E-state index contributed by atoms with van der Waals surface area (Å²) in [4.78, 5) is 0. The number of halogens is 2. The van der Waals surface area contributed by atoms with E-state index in [4.69, 9.17) is 11.6 Å². The Balaban J connectivity index is 2.84. The minimum absolute atomic E-state index is 0.236. The molecule has 1 rings (SSSR count). The van der Waals surface area contributed by atoms with Crippen LogP contribution in [-0.4, -0.2) is 0 Å². The minimum Gasteiger partial charge on any atom is -0.205 e. The van der Waals surface area contributed by atoms with Crippen molar-refractivity contribution >= 4 is 11.6 Å². The normalized spacial score (nSPS) is 9.83. The summed E-state index contributed by atoms with van der Waals surface area (Å²) in [5, 5.41) is 0.236. The summed E-state index contributed by atoms with van der Waals surface area (Å²) in [5.74, 6) is -0.349. The van der Waals surface area contributed by atoms with Crippen LogP contribution in [0.25, 0.3) is 0 Å². The highest BCUT2D eigenvalue weighted by Crippen LogP contribution is 2.20. The maximum atomic E-state index is 12.8. The van der Waals surface area contributed by atoms with Gasteiger partial charge in [0.2, 0.25) is 0 Å². The van der Waals surface area contributed by atoms with E-state index in [1.54, 1.807) is 12.1 Å². The predicted molar refractivity (Wildman–Crippen MR) is 49.9 cm³/mol. The summed E-state index contributed by atoms with van der Waals surface area (Å²) in [6.07, 6.45) is 3.37. The Morgan fingerprint density at radius 3 is 2.92 bits per heavy atom. The van der Waals surface area contributed by atoms with Crippen molar-refractivity contribution < 1.29 is 4.39 Å². The number of allylic oxidation sites excluding steroid dienone is 1. The Morgan fingerprint density at radius 1 is 1.50 bits per heavy atom. The molecule has 0 aromatic heterocycles. The first kappa shape index (κ1) is 9.27. The average molecular weight is 185 g/mol. The molecule has 1 aromatic carbocycles. The number of rotatable bonds is 3. The largest absolute Gasteiger partial charge is 0.205 e. The molecule has 0 unspecified atom stereocenters. The molecule has 0 aliphatic rings. The van der Waals surface area contributed by atoms with Gasteiger partial charge in [0.1, 0.15) is 5.82 Å². The summed E-state index contributed by atoms with van der Waals surface area (Å²) >= 11 is 5.72. The van der Waals surface area contributed by atoms with Gasteiger partial charge in [0.25, 0.3) is 0 Å². The van der Waals surface area contributed by atoms with E-state index in [0.29, 0.717) is 0 Å². The van der Waals surface area contributed by atoms with Gasteiger partial charge in [0.15, 0.2) is 0 Å². The Labute approximate surface area is 76.7 Å². The molecule has 0 bridgehead atoms. The number of aryl methyl sites for hydroxylation is 1. The van der Waals surface area contributed by atoms with E-state index in [1.807, 2.05) is 6.07 Å². The molecule has 0 radical (unpaired) electrons. The van der Waals surface area contributed by atoms with Gasteiger partial charge in [-0.15, -0.1) is 6.58 Å². The highest BCUT2D eigenvalue weighted by Gasteiger charge is 2.03. The summed E-state index contributed by atoms with van der Waals surface area (Å²) in [6.45, 7) is 3.59. The molecule has 0 heterocycles. The van der Waals surface area contributed by atoms with E-state index in [-0.39, 0.29) is 10.8 Å². The van der Waals surface area contributed by atoms with E-state index in [9.17, 15) is 4.39 Å². The Bertz CT molecular complexity index is 281. The number of hydrogen-bond acceptors (Lipinski definition) is 0. The number of hydrogen-bond donors (Lipinski definition) is 0. The Hall–Kier alpha value is -0.820. The zero-order valence-corrected chi connectivity index (χ0v) is 7.44. The van der Waals surface area contributed by atoms with Crippen molar-refractivity contribution in [1.29, 1.82) is 0 Å². The molecule has 0 spiro atoms. The van der Waals surface area contributed by atoms with Gasteiger partial charge in [-0.05, 0) is 24.5 Å². The third-order valence-corrected chi connectivity index (χ3v) is 2.07. The van der Waals surface area contributed by atoms with Crippen LogP contribution < -0.4 is 0 Å². The third-order valence-electron chi connectivity index (χ3n) is 1.65. The molecule has 0 saturated heterocycles. The Morgan fingerprint density at radius 2 is 2.25 bits per heavy atom. The highest BCUT2D eigenvalue weighted by atomic mass is 35.5. The predicted octanol–water partition coefficient (Wildman–Crippen LogP) is 3.60. The minimum atomic E-state index is -0.349. The molecule has 12 heavy (non-hydrogen) atoms. The van der Waals surface area contributed by atoms with Crippen LogP contribution in [-0.2, 0) is 6.42 Å². The first-order valence-electron chi connectivity index (χ1n) is 3.79. The van der Waals surface area contributed by atoms with Crippen LogP contribution in [0.1, 0.15) is 12.0 Å². The lowest BCUT2D eigenvalue weighted by Gasteiger charge is -2.01. The quantitative estimate of drug-likeness (QED) is 0.630. The summed E-state index contributed by atoms with van der Waals surface area (Å²) < 4.78 is 12.8. The van der Waals surface area contributed by atoms with E-state index in [1.165, 1.54) is 6.07 Å². The second kappa shape index (κ2) is 4.27. The van der Waals surface area contributed by atoms with Gasteiger partial charge in [0, 0.05) is 0 Å². The molecule has 0 nitrogen and oxygen atoms in total. The fourth-order valence-electron chi connectivity index (χ4n) is 0.999. The van der Waals surface area contributed by atoms with Crippen LogP contribution in [0, 0.1) is 5.82 Å². The molecule has 0 aliphatic heterocycles. The van der Waals surface area contributed by atoms with E-state index < -0.39 is 0 Å². The highest BCUT2D eigenvalue weighted by molar-refractivity contribution is 6.31. The molecule has 0 N–H and O–H groups in total. The summed E-state index contributed by atoms with van der Waals surface area (Å²) in [7, 11) is 0. The van der Waals surface area contributed by atoms with Gasteiger partial charge in [-0.1, -0.05) is 29.8 Å². The van der Waals surface area contributed by atoms with Crippen molar-refractivity contribution in [3.8, 4) is 0 Å². The molecule has 0 aliphatic carbocycles. The molecule has 64 valence electrons. The van der Waals surface area contributed by atoms with Crippen LogP contribution in [0.15, 0.2) is 30.9 Å². The lowest BCUT2D eigenvalue weighted by molar-refractivity contribution is 0.626. The van der Waals surface area contributed by atoms with Crippen LogP contribution in [0.2, 0.25) is 5.02 Å². The summed E-state index contributed by atoms with van der Waals surface area (Å²) in [6, 6.07) is 4.86.